The Labute approximate surface area is 110 Å². The number of hydrogen-bond acceptors (Lipinski definition) is 5. The highest BCUT2D eigenvalue weighted by Crippen LogP contribution is 2.29. The Morgan fingerprint density at radius 2 is 1.72 bits per heavy atom. The van der Waals surface area contributed by atoms with Gasteiger partial charge in [-0.25, -0.2) is 0 Å². The number of anilines is 1. The summed E-state index contributed by atoms with van der Waals surface area (Å²) in [5, 5.41) is 0.0143. The normalized spacial score (nSPS) is 10.4. The van der Waals surface area contributed by atoms with Gasteiger partial charge in [0.2, 0.25) is 11.2 Å². The summed E-state index contributed by atoms with van der Waals surface area (Å²) in [5.74, 6) is 0.754. The molecular formula is C12H13ClN4O. The summed E-state index contributed by atoms with van der Waals surface area (Å²) in [6.07, 6.45) is 0. The predicted octanol–water partition coefficient (Wildman–Crippen LogP) is 2.82. The molecule has 2 N–H and O–H groups in total. The van der Waals surface area contributed by atoms with Crippen LogP contribution in [0.15, 0.2) is 12.1 Å². The Morgan fingerprint density at radius 1 is 1.06 bits per heavy atom. The van der Waals surface area contributed by atoms with E-state index in [1.54, 1.807) is 0 Å². The van der Waals surface area contributed by atoms with Crippen molar-refractivity contribution >= 4 is 17.5 Å². The number of halogens is 1. The number of nitrogens with zero attached hydrogens (tertiary/aromatic N) is 3. The molecule has 0 aliphatic carbocycles. The summed E-state index contributed by atoms with van der Waals surface area (Å²) in [6, 6.07) is 4.11. The highest BCUT2D eigenvalue weighted by atomic mass is 35.5. The van der Waals surface area contributed by atoms with Crippen LogP contribution in [0, 0.1) is 20.8 Å². The molecule has 5 nitrogen and oxygen atoms in total. The summed E-state index contributed by atoms with van der Waals surface area (Å²) in [7, 11) is 0. The Balaban J connectivity index is 2.42. The third kappa shape index (κ3) is 2.51. The first kappa shape index (κ1) is 12.6. The highest BCUT2D eigenvalue weighted by Gasteiger charge is 2.11. The summed E-state index contributed by atoms with van der Waals surface area (Å²) >= 11 is 5.70. The number of aryl methyl sites for hydroxylation is 2. The third-order valence-electron chi connectivity index (χ3n) is 2.67. The average molecular weight is 265 g/mol. The van der Waals surface area contributed by atoms with E-state index in [1.165, 1.54) is 0 Å². The molecule has 1 aromatic carbocycles. The molecule has 18 heavy (non-hydrogen) atoms. The molecule has 94 valence electrons. The number of nitrogen functional groups attached to an aromatic ring is 1. The van der Waals surface area contributed by atoms with Crippen molar-refractivity contribution < 1.29 is 4.74 Å². The lowest BCUT2D eigenvalue weighted by Gasteiger charge is -2.12. The number of rotatable bonds is 2. The van der Waals surface area contributed by atoms with Gasteiger partial charge in [0.05, 0.1) is 0 Å². The van der Waals surface area contributed by atoms with Crippen molar-refractivity contribution in [1.29, 1.82) is 0 Å². The van der Waals surface area contributed by atoms with Crippen LogP contribution in [-0.2, 0) is 0 Å². The van der Waals surface area contributed by atoms with Gasteiger partial charge in [0.15, 0.2) is 0 Å². The molecular weight excluding hydrogens is 252 g/mol. The van der Waals surface area contributed by atoms with E-state index in [9.17, 15) is 0 Å². The van der Waals surface area contributed by atoms with E-state index in [0.717, 1.165) is 22.4 Å². The second-order valence-corrected chi connectivity index (χ2v) is 4.34. The van der Waals surface area contributed by atoms with E-state index in [4.69, 9.17) is 22.1 Å². The number of nitrogens with two attached hydrogens (primary N) is 1. The van der Waals surface area contributed by atoms with E-state index >= 15 is 0 Å². The average Bonchev–Trinajstić information content (AvgIpc) is 2.28. The number of hydrogen-bond donors (Lipinski definition) is 1. The lowest BCUT2D eigenvalue weighted by Crippen LogP contribution is -2.02. The van der Waals surface area contributed by atoms with Gasteiger partial charge in [-0.05, 0) is 49.1 Å². The van der Waals surface area contributed by atoms with Gasteiger partial charge < -0.3 is 10.5 Å². The second kappa shape index (κ2) is 4.78. The minimum absolute atomic E-state index is 0.0143. The summed E-state index contributed by atoms with van der Waals surface area (Å²) in [4.78, 5) is 11.5. The van der Waals surface area contributed by atoms with Crippen LogP contribution in [0.2, 0.25) is 5.28 Å². The van der Waals surface area contributed by atoms with E-state index < -0.39 is 0 Å². The molecule has 1 heterocycles. The van der Waals surface area contributed by atoms with Crippen LogP contribution in [0.1, 0.15) is 16.7 Å². The number of aromatic nitrogens is 3. The third-order valence-corrected chi connectivity index (χ3v) is 2.84. The van der Waals surface area contributed by atoms with Crippen LogP contribution in [0.5, 0.6) is 11.8 Å². The fraction of sp³-hybridized carbons (Fsp3) is 0.250. The fourth-order valence-corrected chi connectivity index (χ4v) is 1.72. The molecule has 0 saturated heterocycles. The van der Waals surface area contributed by atoms with Crippen LogP contribution in [0.4, 0.5) is 5.95 Å². The zero-order valence-electron chi connectivity index (χ0n) is 10.4. The van der Waals surface area contributed by atoms with Crippen molar-refractivity contribution in [3.05, 3.63) is 34.1 Å². The standard InChI is InChI=1S/C12H13ClN4O/c1-6-4-5-7(2)9(8(6)3)18-12-16-10(13)15-11(14)17-12/h4-5H,1-3H3,(H2,14,15,16,17). The van der Waals surface area contributed by atoms with Gasteiger partial charge in [-0.2, -0.15) is 15.0 Å². The zero-order valence-corrected chi connectivity index (χ0v) is 11.1. The van der Waals surface area contributed by atoms with Gasteiger partial charge in [0, 0.05) is 0 Å². The number of benzene rings is 1. The van der Waals surface area contributed by atoms with Crippen molar-refractivity contribution in [2.24, 2.45) is 0 Å². The summed E-state index contributed by atoms with van der Waals surface area (Å²) < 4.78 is 5.66. The van der Waals surface area contributed by atoms with E-state index in [1.807, 2.05) is 32.9 Å². The zero-order chi connectivity index (χ0) is 13.3. The Hall–Kier alpha value is -1.88. The SMILES string of the molecule is Cc1ccc(C)c(Oc2nc(N)nc(Cl)n2)c1C. The van der Waals surface area contributed by atoms with Crippen LogP contribution in [0.25, 0.3) is 0 Å². The van der Waals surface area contributed by atoms with Crippen LogP contribution >= 0.6 is 11.6 Å². The first-order valence-corrected chi connectivity index (χ1v) is 5.77. The Morgan fingerprint density at radius 3 is 2.39 bits per heavy atom. The molecule has 0 saturated carbocycles. The lowest BCUT2D eigenvalue weighted by atomic mass is 10.1. The predicted molar refractivity (Wildman–Crippen MR) is 70.0 cm³/mol. The summed E-state index contributed by atoms with van der Waals surface area (Å²) in [6.45, 7) is 5.94. The van der Waals surface area contributed by atoms with E-state index in [0.29, 0.717) is 0 Å². The molecule has 1 aromatic heterocycles. The maximum Gasteiger partial charge on any atom is 0.328 e. The van der Waals surface area contributed by atoms with Crippen LogP contribution in [0.3, 0.4) is 0 Å². The van der Waals surface area contributed by atoms with Crippen LogP contribution < -0.4 is 10.5 Å². The molecule has 0 amide bonds. The molecule has 2 rings (SSSR count). The first-order chi connectivity index (χ1) is 8.47. The van der Waals surface area contributed by atoms with Crippen molar-refractivity contribution in [3.63, 3.8) is 0 Å². The van der Waals surface area contributed by atoms with Crippen molar-refractivity contribution in [2.75, 3.05) is 5.73 Å². The van der Waals surface area contributed by atoms with Gasteiger partial charge in [0.1, 0.15) is 5.75 Å². The van der Waals surface area contributed by atoms with Crippen molar-refractivity contribution in [2.45, 2.75) is 20.8 Å². The van der Waals surface area contributed by atoms with E-state index in [-0.39, 0.29) is 17.2 Å². The largest absolute Gasteiger partial charge is 0.424 e. The minimum atomic E-state index is 0.0143. The van der Waals surface area contributed by atoms with Crippen molar-refractivity contribution in [3.8, 4) is 11.8 Å². The van der Waals surface area contributed by atoms with Gasteiger partial charge in [-0.3, -0.25) is 0 Å². The Bertz CT molecular complexity index is 581. The monoisotopic (exact) mass is 264 g/mol. The molecule has 0 fully saturated rings. The lowest BCUT2D eigenvalue weighted by molar-refractivity contribution is 0.434. The summed E-state index contributed by atoms with van der Waals surface area (Å²) in [5.41, 5.74) is 8.65. The molecule has 0 aliphatic heterocycles. The molecule has 0 aliphatic rings. The molecule has 0 bridgehead atoms. The molecule has 6 heteroatoms. The maximum absolute atomic E-state index is 5.70. The highest BCUT2D eigenvalue weighted by molar-refractivity contribution is 6.28. The molecule has 0 unspecified atom stereocenters. The van der Waals surface area contributed by atoms with Crippen molar-refractivity contribution in [1.82, 2.24) is 15.0 Å². The minimum Gasteiger partial charge on any atom is -0.424 e. The first-order valence-electron chi connectivity index (χ1n) is 5.39. The van der Waals surface area contributed by atoms with Gasteiger partial charge in [-0.1, -0.05) is 12.1 Å². The molecule has 0 radical (unpaired) electrons. The van der Waals surface area contributed by atoms with Gasteiger partial charge in [-0.15, -0.1) is 0 Å². The van der Waals surface area contributed by atoms with Gasteiger partial charge >= 0.3 is 6.01 Å². The van der Waals surface area contributed by atoms with Gasteiger partial charge in [0.25, 0.3) is 0 Å². The molecule has 2 aromatic rings. The Kier molecular flexibility index (Phi) is 3.34. The smallest absolute Gasteiger partial charge is 0.328 e. The maximum atomic E-state index is 5.70. The second-order valence-electron chi connectivity index (χ2n) is 4.00. The molecule has 0 spiro atoms. The fourth-order valence-electron chi connectivity index (χ4n) is 1.57. The topological polar surface area (TPSA) is 73.9 Å². The molecule has 0 atom stereocenters. The van der Waals surface area contributed by atoms with Crippen LogP contribution in [-0.4, -0.2) is 15.0 Å². The number of ether oxygens (including phenoxy) is 1. The van der Waals surface area contributed by atoms with E-state index in [2.05, 4.69) is 15.0 Å². The quantitative estimate of drug-likeness (QED) is 0.903.